The minimum Gasteiger partial charge on any atom is -0.365 e. The fourth-order valence-electron chi connectivity index (χ4n) is 5.49. The van der Waals surface area contributed by atoms with Crippen molar-refractivity contribution in [3.63, 3.8) is 0 Å². The van der Waals surface area contributed by atoms with Gasteiger partial charge in [0.1, 0.15) is 5.82 Å². The topological polar surface area (TPSA) is 62.5 Å². The molecule has 1 aromatic rings. The summed E-state index contributed by atoms with van der Waals surface area (Å²) in [5.74, 6) is 1.31. The van der Waals surface area contributed by atoms with Gasteiger partial charge in [0, 0.05) is 37.8 Å². The van der Waals surface area contributed by atoms with E-state index in [9.17, 15) is 4.79 Å². The van der Waals surface area contributed by atoms with Crippen LogP contribution in [0.5, 0.6) is 0 Å². The normalized spacial score (nSPS) is 27.9. The molecule has 0 unspecified atom stereocenters. The molecule has 2 saturated heterocycles. The summed E-state index contributed by atoms with van der Waals surface area (Å²) in [6, 6.07) is 3.59. The molecule has 2 aliphatic heterocycles. The van der Waals surface area contributed by atoms with Gasteiger partial charge in [-0.25, -0.2) is 4.98 Å². The van der Waals surface area contributed by atoms with Gasteiger partial charge in [-0.3, -0.25) is 4.79 Å². The fraction of sp³-hybridized carbons (Fsp3) is 0.714. The van der Waals surface area contributed by atoms with Crippen molar-refractivity contribution in [1.29, 1.82) is 0 Å². The zero-order valence-corrected chi connectivity index (χ0v) is 15.8. The molecule has 4 rings (SSSR count). The van der Waals surface area contributed by atoms with Crippen LogP contribution in [0.25, 0.3) is 0 Å². The summed E-state index contributed by atoms with van der Waals surface area (Å²) in [6.07, 6.45) is 12.7. The van der Waals surface area contributed by atoms with Gasteiger partial charge in [-0.05, 0) is 56.7 Å². The second-order valence-electron chi connectivity index (χ2n) is 8.75. The lowest BCUT2D eigenvalue weighted by molar-refractivity contribution is 0.0838. The first-order valence-corrected chi connectivity index (χ1v) is 10.4. The summed E-state index contributed by atoms with van der Waals surface area (Å²) in [4.78, 5) is 21.3. The molecular weight excluding hydrogens is 324 g/mol. The van der Waals surface area contributed by atoms with Crippen molar-refractivity contribution < 1.29 is 4.79 Å². The molecule has 5 heteroatoms. The average Bonchev–Trinajstić information content (AvgIpc) is 3.05. The van der Waals surface area contributed by atoms with Gasteiger partial charge in [0.15, 0.2) is 0 Å². The predicted octanol–water partition coefficient (Wildman–Crippen LogP) is 3.05. The molecule has 142 valence electrons. The fourth-order valence-corrected chi connectivity index (χ4v) is 5.49. The number of primary amides is 1. The van der Waals surface area contributed by atoms with Gasteiger partial charge in [-0.2, -0.15) is 0 Å². The monoisotopic (exact) mass is 356 g/mol. The molecule has 0 aromatic carbocycles. The zero-order chi connectivity index (χ0) is 18.0. The molecular formula is C21H32N4O. The Bertz CT molecular complexity index is 643. The maximum absolute atomic E-state index is 11.8. The minimum absolute atomic E-state index is 0.360. The molecule has 1 amide bonds. The van der Waals surface area contributed by atoms with E-state index in [0.717, 1.165) is 24.8 Å². The number of anilines is 1. The Morgan fingerprint density at radius 2 is 2.00 bits per heavy atom. The average molecular weight is 357 g/mol. The molecule has 1 saturated carbocycles. The molecule has 1 aromatic heterocycles. The lowest BCUT2D eigenvalue weighted by Crippen LogP contribution is -2.46. The van der Waals surface area contributed by atoms with Crippen LogP contribution < -0.4 is 10.6 Å². The van der Waals surface area contributed by atoms with Crippen molar-refractivity contribution in [3.8, 4) is 0 Å². The summed E-state index contributed by atoms with van der Waals surface area (Å²) in [7, 11) is 0. The number of aromatic nitrogens is 1. The molecule has 0 radical (unpaired) electrons. The number of piperidine rings is 1. The molecule has 1 spiro atoms. The third-order valence-electron chi connectivity index (χ3n) is 6.77. The molecule has 3 fully saturated rings. The largest absolute Gasteiger partial charge is 0.365 e. The standard InChI is InChI=1S/C21H32N4O/c22-19(26)18-8-4-11-23-20(18)25-13-10-21(16-25)9-5-12-24(15-21)14-17-6-2-1-3-7-17/h4,8,11,17H,1-3,5-7,9-10,12-16H2,(H2,22,26)/t21-/m1/s1. The van der Waals surface area contributed by atoms with Crippen LogP contribution >= 0.6 is 0 Å². The smallest absolute Gasteiger partial charge is 0.252 e. The number of carbonyl (C=O) groups excluding carboxylic acids is 1. The van der Waals surface area contributed by atoms with Crippen molar-refractivity contribution in [2.75, 3.05) is 37.6 Å². The van der Waals surface area contributed by atoms with Gasteiger partial charge in [-0.15, -0.1) is 0 Å². The van der Waals surface area contributed by atoms with E-state index in [2.05, 4.69) is 14.8 Å². The third-order valence-corrected chi connectivity index (χ3v) is 6.77. The van der Waals surface area contributed by atoms with Crippen LogP contribution in [0, 0.1) is 11.3 Å². The number of nitrogens with two attached hydrogens (primary N) is 1. The number of hydrogen-bond donors (Lipinski definition) is 1. The second kappa shape index (κ2) is 7.55. The van der Waals surface area contributed by atoms with Crippen LogP contribution in [-0.2, 0) is 0 Å². The molecule has 5 nitrogen and oxygen atoms in total. The highest BCUT2D eigenvalue weighted by Crippen LogP contribution is 2.41. The zero-order valence-electron chi connectivity index (χ0n) is 15.8. The number of amides is 1. The lowest BCUT2D eigenvalue weighted by Gasteiger charge is -2.42. The molecule has 0 bridgehead atoms. The quantitative estimate of drug-likeness (QED) is 0.901. The van der Waals surface area contributed by atoms with E-state index in [1.807, 2.05) is 0 Å². The Morgan fingerprint density at radius 1 is 1.15 bits per heavy atom. The first-order valence-electron chi connectivity index (χ1n) is 10.4. The summed E-state index contributed by atoms with van der Waals surface area (Å²) >= 11 is 0. The highest BCUT2D eigenvalue weighted by Gasteiger charge is 2.42. The van der Waals surface area contributed by atoms with E-state index >= 15 is 0 Å². The van der Waals surface area contributed by atoms with E-state index in [-0.39, 0.29) is 5.91 Å². The van der Waals surface area contributed by atoms with Crippen LogP contribution in [-0.4, -0.2) is 48.5 Å². The SMILES string of the molecule is NC(=O)c1cccnc1N1CC[C@@]2(CCCN(CC3CCCCC3)C2)C1. The van der Waals surface area contributed by atoms with Crippen LogP contribution in [0.2, 0.25) is 0 Å². The Balaban J connectivity index is 1.42. The first-order chi connectivity index (χ1) is 12.7. The molecule has 1 aliphatic carbocycles. The molecule has 3 heterocycles. The Morgan fingerprint density at radius 3 is 2.81 bits per heavy atom. The van der Waals surface area contributed by atoms with E-state index in [1.54, 1.807) is 18.3 Å². The highest BCUT2D eigenvalue weighted by atomic mass is 16.1. The number of rotatable bonds is 4. The molecule has 26 heavy (non-hydrogen) atoms. The van der Waals surface area contributed by atoms with E-state index in [4.69, 9.17) is 5.73 Å². The van der Waals surface area contributed by atoms with Crippen molar-refractivity contribution >= 4 is 11.7 Å². The Hall–Kier alpha value is -1.62. The Kier molecular flexibility index (Phi) is 5.16. The number of hydrogen-bond acceptors (Lipinski definition) is 4. The van der Waals surface area contributed by atoms with Gasteiger partial charge >= 0.3 is 0 Å². The van der Waals surface area contributed by atoms with Crippen LogP contribution in [0.15, 0.2) is 18.3 Å². The number of pyridine rings is 1. The maximum Gasteiger partial charge on any atom is 0.252 e. The molecule has 1 atom stereocenters. The number of likely N-dealkylation sites (tertiary alicyclic amines) is 1. The summed E-state index contributed by atoms with van der Waals surface area (Å²) in [5, 5.41) is 0. The van der Waals surface area contributed by atoms with Crippen LogP contribution in [0.1, 0.15) is 61.7 Å². The highest BCUT2D eigenvalue weighted by molar-refractivity contribution is 5.97. The van der Waals surface area contributed by atoms with Gasteiger partial charge in [0.05, 0.1) is 5.56 Å². The van der Waals surface area contributed by atoms with Gasteiger partial charge in [0.2, 0.25) is 0 Å². The van der Waals surface area contributed by atoms with Crippen LogP contribution in [0.4, 0.5) is 5.82 Å². The van der Waals surface area contributed by atoms with Crippen molar-refractivity contribution in [3.05, 3.63) is 23.9 Å². The number of carbonyl (C=O) groups is 1. The maximum atomic E-state index is 11.8. The second-order valence-corrected chi connectivity index (χ2v) is 8.75. The van der Waals surface area contributed by atoms with Crippen molar-refractivity contribution in [1.82, 2.24) is 9.88 Å². The summed E-state index contributed by atoms with van der Waals surface area (Å²) in [5.41, 5.74) is 6.48. The van der Waals surface area contributed by atoms with Crippen LogP contribution in [0.3, 0.4) is 0 Å². The van der Waals surface area contributed by atoms with E-state index < -0.39 is 0 Å². The predicted molar refractivity (Wildman–Crippen MR) is 104 cm³/mol. The van der Waals surface area contributed by atoms with E-state index in [0.29, 0.717) is 11.0 Å². The van der Waals surface area contributed by atoms with Gasteiger partial charge in [0.25, 0.3) is 5.91 Å². The van der Waals surface area contributed by atoms with Crippen molar-refractivity contribution in [2.45, 2.75) is 51.4 Å². The minimum atomic E-state index is -0.378. The third kappa shape index (κ3) is 3.73. The Labute approximate surface area is 156 Å². The summed E-state index contributed by atoms with van der Waals surface area (Å²) in [6.45, 7) is 5.74. The van der Waals surface area contributed by atoms with Crippen molar-refractivity contribution in [2.24, 2.45) is 17.1 Å². The van der Waals surface area contributed by atoms with Gasteiger partial charge < -0.3 is 15.5 Å². The summed E-state index contributed by atoms with van der Waals surface area (Å²) < 4.78 is 0. The molecule has 2 N–H and O–H groups in total. The molecule has 3 aliphatic rings. The van der Waals surface area contributed by atoms with E-state index in [1.165, 1.54) is 71.0 Å². The van der Waals surface area contributed by atoms with Gasteiger partial charge in [-0.1, -0.05) is 19.3 Å². The number of nitrogens with zero attached hydrogens (tertiary/aromatic N) is 3. The lowest BCUT2D eigenvalue weighted by atomic mass is 9.78. The first kappa shape index (κ1) is 17.8.